The van der Waals surface area contributed by atoms with Gasteiger partial charge in [0.05, 0.1) is 6.10 Å². The molecule has 1 saturated heterocycles. The summed E-state index contributed by atoms with van der Waals surface area (Å²) in [6, 6.07) is 6.28. The van der Waals surface area contributed by atoms with Crippen molar-refractivity contribution in [2.24, 2.45) is 11.8 Å². The minimum Gasteiger partial charge on any atom is -0.387 e. The lowest BCUT2D eigenvalue weighted by molar-refractivity contribution is -0.122. The molecule has 148 valence electrons. The zero-order chi connectivity index (χ0) is 18.8. The number of hydrogen-bond acceptors (Lipinski definition) is 3. The number of benzene rings is 1. The molecular formula is C23H34N2O2. The second kappa shape index (κ2) is 8.32. The molecule has 1 saturated carbocycles. The number of β-amino-alcohol motifs (C(OH)–C–C–N with tert-alkyl or cyclic N) is 1. The molecule has 1 aliphatic carbocycles. The van der Waals surface area contributed by atoms with E-state index in [9.17, 15) is 9.90 Å². The number of amides is 1. The quantitative estimate of drug-likeness (QED) is 0.874. The molecule has 27 heavy (non-hydrogen) atoms. The Morgan fingerprint density at radius 2 is 1.96 bits per heavy atom. The van der Waals surface area contributed by atoms with Crippen molar-refractivity contribution in [3.05, 3.63) is 29.3 Å². The van der Waals surface area contributed by atoms with Crippen LogP contribution in [0, 0.1) is 11.8 Å². The van der Waals surface area contributed by atoms with Crippen LogP contribution in [0.4, 0.5) is 5.69 Å². The number of likely N-dealkylation sites (tertiary alicyclic amines) is 1. The molecule has 4 heteroatoms. The second-order valence-corrected chi connectivity index (χ2v) is 8.99. The van der Waals surface area contributed by atoms with Gasteiger partial charge < -0.3 is 14.9 Å². The average molecular weight is 371 g/mol. The van der Waals surface area contributed by atoms with E-state index in [1.54, 1.807) is 0 Å². The SMILES string of the molecule is C[C@H]1CCCN(C[C@@H](O)c2ccc3c(c2)CCCN3C(=O)C2CCCC2)C1. The lowest BCUT2D eigenvalue weighted by atomic mass is 9.95. The molecule has 1 N–H and O–H groups in total. The molecule has 4 rings (SSSR count). The third-order valence-electron chi connectivity index (χ3n) is 6.75. The molecule has 0 aromatic heterocycles. The van der Waals surface area contributed by atoms with Crippen molar-refractivity contribution in [1.29, 1.82) is 0 Å². The van der Waals surface area contributed by atoms with Crippen molar-refractivity contribution in [1.82, 2.24) is 4.90 Å². The van der Waals surface area contributed by atoms with Crippen LogP contribution in [0.3, 0.4) is 0 Å². The standard InChI is InChI=1S/C23H34N2O2/c1-17-6-4-12-24(15-17)16-22(26)20-10-11-21-19(14-20)9-5-13-25(21)23(27)18-7-2-3-8-18/h10-11,14,17-18,22,26H,2-9,12-13,15-16H2,1H3/t17-,22+/m0/s1. The summed E-state index contributed by atoms with van der Waals surface area (Å²) in [7, 11) is 0. The van der Waals surface area contributed by atoms with E-state index in [1.165, 1.54) is 31.2 Å². The predicted molar refractivity (Wildman–Crippen MR) is 109 cm³/mol. The van der Waals surface area contributed by atoms with Crippen molar-refractivity contribution < 1.29 is 9.90 Å². The minimum atomic E-state index is -0.443. The number of piperidine rings is 1. The minimum absolute atomic E-state index is 0.224. The van der Waals surface area contributed by atoms with Crippen LogP contribution in [0.15, 0.2) is 18.2 Å². The molecule has 3 aliphatic rings. The van der Waals surface area contributed by atoms with Gasteiger partial charge in [0, 0.05) is 31.2 Å². The average Bonchev–Trinajstić information content (AvgIpc) is 3.21. The van der Waals surface area contributed by atoms with Crippen LogP contribution >= 0.6 is 0 Å². The normalized spacial score (nSPS) is 25.4. The maximum atomic E-state index is 12.9. The molecule has 4 nitrogen and oxygen atoms in total. The van der Waals surface area contributed by atoms with Crippen molar-refractivity contribution in [3.63, 3.8) is 0 Å². The van der Waals surface area contributed by atoms with Crippen LogP contribution in [-0.2, 0) is 11.2 Å². The number of aliphatic hydroxyl groups is 1. The van der Waals surface area contributed by atoms with Crippen LogP contribution in [0.1, 0.15) is 69.1 Å². The van der Waals surface area contributed by atoms with Crippen molar-refractivity contribution in [3.8, 4) is 0 Å². The van der Waals surface area contributed by atoms with E-state index >= 15 is 0 Å². The highest BCUT2D eigenvalue weighted by atomic mass is 16.3. The molecule has 1 aromatic carbocycles. The fourth-order valence-electron chi connectivity index (χ4n) is 5.25. The lowest BCUT2D eigenvalue weighted by Gasteiger charge is -2.34. The zero-order valence-electron chi connectivity index (χ0n) is 16.7. The number of anilines is 1. The van der Waals surface area contributed by atoms with Crippen molar-refractivity contribution >= 4 is 11.6 Å². The highest BCUT2D eigenvalue weighted by molar-refractivity contribution is 5.96. The number of aliphatic hydroxyl groups excluding tert-OH is 1. The van der Waals surface area contributed by atoms with E-state index in [0.717, 1.165) is 62.5 Å². The summed E-state index contributed by atoms with van der Waals surface area (Å²) < 4.78 is 0. The maximum absolute atomic E-state index is 12.9. The number of aryl methyl sites for hydroxylation is 1. The third-order valence-corrected chi connectivity index (χ3v) is 6.75. The zero-order valence-corrected chi connectivity index (χ0v) is 16.7. The van der Waals surface area contributed by atoms with Crippen LogP contribution in [0.5, 0.6) is 0 Å². The molecule has 0 spiro atoms. The Kier molecular flexibility index (Phi) is 5.84. The Morgan fingerprint density at radius 1 is 1.15 bits per heavy atom. The second-order valence-electron chi connectivity index (χ2n) is 8.99. The van der Waals surface area contributed by atoms with Gasteiger partial charge in [0.2, 0.25) is 5.91 Å². The summed E-state index contributed by atoms with van der Waals surface area (Å²) in [6.45, 7) is 6.04. The van der Waals surface area contributed by atoms with E-state index in [4.69, 9.17) is 0 Å². The van der Waals surface area contributed by atoms with Gasteiger partial charge in [-0.15, -0.1) is 0 Å². The van der Waals surface area contributed by atoms with E-state index in [-0.39, 0.29) is 5.92 Å². The van der Waals surface area contributed by atoms with Crippen LogP contribution in [-0.4, -0.2) is 42.1 Å². The largest absolute Gasteiger partial charge is 0.387 e. The number of carbonyl (C=O) groups excluding carboxylic acids is 1. The maximum Gasteiger partial charge on any atom is 0.230 e. The van der Waals surface area contributed by atoms with Crippen LogP contribution < -0.4 is 4.90 Å². The van der Waals surface area contributed by atoms with Gasteiger partial charge in [-0.25, -0.2) is 0 Å². The predicted octanol–water partition coefficient (Wildman–Crippen LogP) is 3.92. The number of carbonyl (C=O) groups is 1. The summed E-state index contributed by atoms with van der Waals surface area (Å²) in [5, 5.41) is 10.8. The van der Waals surface area contributed by atoms with Crippen LogP contribution in [0.2, 0.25) is 0 Å². The molecule has 2 heterocycles. The monoisotopic (exact) mass is 370 g/mol. The Hall–Kier alpha value is -1.39. The molecule has 1 aromatic rings. The topological polar surface area (TPSA) is 43.8 Å². The highest BCUT2D eigenvalue weighted by Gasteiger charge is 2.31. The van der Waals surface area contributed by atoms with Crippen molar-refractivity contribution in [2.45, 2.75) is 64.4 Å². The van der Waals surface area contributed by atoms with E-state index in [0.29, 0.717) is 12.5 Å². The van der Waals surface area contributed by atoms with Gasteiger partial charge in [-0.2, -0.15) is 0 Å². The van der Waals surface area contributed by atoms with Gasteiger partial charge in [0.1, 0.15) is 0 Å². The summed E-state index contributed by atoms with van der Waals surface area (Å²) in [4.78, 5) is 17.4. The first-order valence-electron chi connectivity index (χ1n) is 11.0. The lowest BCUT2D eigenvalue weighted by Crippen LogP contribution is -2.39. The number of rotatable bonds is 4. The molecule has 2 atom stereocenters. The molecule has 2 fully saturated rings. The van der Waals surface area contributed by atoms with Gasteiger partial charge >= 0.3 is 0 Å². The molecule has 0 unspecified atom stereocenters. The van der Waals surface area contributed by atoms with Gasteiger partial charge in [-0.05, 0) is 68.2 Å². The van der Waals surface area contributed by atoms with Gasteiger partial charge in [0.25, 0.3) is 0 Å². The summed E-state index contributed by atoms with van der Waals surface area (Å²) in [6.07, 6.45) is 8.61. The summed E-state index contributed by atoms with van der Waals surface area (Å²) in [5.74, 6) is 1.27. The van der Waals surface area contributed by atoms with Gasteiger partial charge in [0.15, 0.2) is 0 Å². The Morgan fingerprint density at radius 3 is 2.74 bits per heavy atom. The first kappa shape index (κ1) is 18.9. The van der Waals surface area contributed by atoms with Crippen molar-refractivity contribution in [2.75, 3.05) is 31.1 Å². The van der Waals surface area contributed by atoms with E-state index in [1.807, 2.05) is 11.0 Å². The smallest absolute Gasteiger partial charge is 0.230 e. The number of hydrogen-bond donors (Lipinski definition) is 1. The first-order chi connectivity index (χ1) is 13.1. The Labute approximate surface area is 163 Å². The van der Waals surface area contributed by atoms with Gasteiger partial charge in [-0.3, -0.25) is 4.79 Å². The fourth-order valence-corrected chi connectivity index (χ4v) is 5.25. The molecule has 1 amide bonds. The molecule has 2 aliphatic heterocycles. The molecule has 0 radical (unpaired) electrons. The van der Waals surface area contributed by atoms with E-state index in [2.05, 4.69) is 24.0 Å². The van der Waals surface area contributed by atoms with Gasteiger partial charge in [-0.1, -0.05) is 31.9 Å². The molecule has 0 bridgehead atoms. The first-order valence-corrected chi connectivity index (χ1v) is 11.0. The Balaban J connectivity index is 1.46. The van der Waals surface area contributed by atoms with Crippen LogP contribution in [0.25, 0.3) is 0 Å². The third kappa shape index (κ3) is 4.22. The van der Waals surface area contributed by atoms with E-state index < -0.39 is 6.10 Å². The fraction of sp³-hybridized carbons (Fsp3) is 0.696. The molecular weight excluding hydrogens is 336 g/mol. The highest BCUT2D eigenvalue weighted by Crippen LogP contribution is 2.34. The summed E-state index contributed by atoms with van der Waals surface area (Å²) in [5.41, 5.74) is 3.32. The number of fused-ring (bicyclic) bond motifs is 1. The number of nitrogens with zero attached hydrogens (tertiary/aromatic N) is 2. The summed E-state index contributed by atoms with van der Waals surface area (Å²) >= 11 is 0. The Bertz CT molecular complexity index is 668.